The van der Waals surface area contributed by atoms with Crippen molar-refractivity contribution in [3.05, 3.63) is 113 Å². The molecule has 1 unspecified atom stereocenters. The highest BCUT2D eigenvalue weighted by Crippen LogP contribution is 2.21. The van der Waals surface area contributed by atoms with E-state index in [1.807, 2.05) is 51.1 Å². The van der Waals surface area contributed by atoms with E-state index in [0.29, 0.717) is 26.8 Å². The van der Waals surface area contributed by atoms with Crippen molar-refractivity contribution in [2.75, 3.05) is 12.3 Å². The molecule has 0 heterocycles. The second kappa shape index (κ2) is 18.5. The third kappa shape index (κ3) is 14.2. The number of hydrazine groups is 1. The van der Waals surface area contributed by atoms with Crippen molar-refractivity contribution in [2.24, 2.45) is 11.1 Å². The van der Waals surface area contributed by atoms with Gasteiger partial charge in [0.25, 0.3) is 11.8 Å². The number of carboxylic acids is 1. The van der Waals surface area contributed by atoms with Crippen molar-refractivity contribution in [1.29, 1.82) is 0 Å². The summed E-state index contributed by atoms with van der Waals surface area (Å²) in [4.78, 5) is 72.4. The summed E-state index contributed by atoms with van der Waals surface area (Å²) in [6.07, 6.45) is 1.95. The number of anilines is 1. The summed E-state index contributed by atoms with van der Waals surface area (Å²) in [5, 5.41) is 15.4. The van der Waals surface area contributed by atoms with Crippen molar-refractivity contribution in [2.45, 2.75) is 39.8 Å². The average molecular weight is 679 g/mol. The van der Waals surface area contributed by atoms with Crippen LogP contribution in [0.15, 0.2) is 91.0 Å². The molecule has 0 saturated heterocycles. The molecule has 0 radical (unpaired) electrons. The Morgan fingerprint density at radius 2 is 1.52 bits per heavy atom. The maximum absolute atomic E-state index is 13.1. The molecule has 3 aromatic rings. The summed E-state index contributed by atoms with van der Waals surface area (Å²) in [5.41, 5.74) is 14.4. The molecule has 0 fully saturated rings. The molecule has 14 heteroatoms. The number of nitrogen functional groups attached to an aromatic ring is 1. The van der Waals surface area contributed by atoms with Gasteiger partial charge in [-0.2, -0.15) is 0 Å². The number of carboxylic acid groups (broad SMARTS) is 1. The first kappa shape index (κ1) is 38.5. The molecular formula is C34H39ClN6O7. The van der Waals surface area contributed by atoms with Gasteiger partial charge in [0.05, 0.1) is 10.7 Å². The molecule has 13 nitrogen and oxygen atoms in total. The summed E-state index contributed by atoms with van der Waals surface area (Å²) in [6.45, 7) is 5.00. The molecule has 254 valence electrons. The molecule has 0 saturated carbocycles. The summed E-state index contributed by atoms with van der Waals surface area (Å²) in [6, 6.07) is 20.8. The van der Waals surface area contributed by atoms with Crippen molar-refractivity contribution in [3.63, 3.8) is 0 Å². The van der Waals surface area contributed by atoms with Crippen LogP contribution in [0.25, 0.3) is 0 Å². The smallest absolute Gasteiger partial charge is 0.325 e. The van der Waals surface area contributed by atoms with Crippen LogP contribution in [0.3, 0.4) is 0 Å². The van der Waals surface area contributed by atoms with Gasteiger partial charge in [0.2, 0.25) is 17.7 Å². The number of rotatable bonds is 11. The lowest BCUT2D eigenvalue weighted by Crippen LogP contribution is -2.52. The van der Waals surface area contributed by atoms with Gasteiger partial charge in [-0.15, -0.1) is 0 Å². The predicted octanol–water partition coefficient (Wildman–Crippen LogP) is 3.12. The van der Waals surface area contributed by atoms with E-state index in [0.717, 1.165) is 17.7 Å². The molecule has 0 aromatic heterocycles. The zero-order chi connectivity index (χ0) is 35.9. The lowest BCUT2D eigenvalue weighted by Gasteiger charge is -2.26. The van der Waals surface area contributed by atoms with E-state index < -0.39 is 42.2 Å². The van der Waals surface area contributed by atoms with E-state index in [9.17, 15) is 33.9 Å². The number of primary amides is 1. The number of hydrogen-bond donors (Lipinski definition) is 6. The van der Waals surface area contributed by atoms with Gasteiger partial charge >= 0.3 is 5.97 Å². The molecule has 8 N–H and O–H groups in total. The number of aliphatic carboxylic acids is 1. The summed E-state index contributed by atoms with van der Waals surface area (Å²) >= 11 is 5.63. The molecule has 48 heavy (non-hydrogen) atoms. The number of nitrogens with zero attached hydrogens (tertiary/aromatic N) is 1. The Labute approximate surface area is 283 Å². The first-order valence-electron chi connectivity index (χ1n) is 14.6. The fourth-order valence-electron chi connectivity index (χ4n) is 3.91. The number of hydrogen-bond acceptors (Lipinski definition) is 7. The fraction of sp³-hybridized carbons (Fsp3) is 0.235. The molecule has 0 spiro atoms. The highest BCUT2D eigenvalue weighted by atomic mass is 35.5. The van der Waals surface area contributed by atoms with Gasteiger partial charge < -0.3 is 27.2 Å². The summed E-state index contributed by atoms with van der Waals surface area (Å²) in [7, 11) is 0. The van der Waals surface area contributed by atoms with Crippen LogP contribution >= 0.6 is 11.6 Å². The Kier molecular flexibility index (Phi) is 14.8. The van der Waals surface area contributed by atoms with E-state index in [1.54, 1.807) is 36.4 Å². The largest absolute Gasteiger partial charge is 0.480 e. The molecule has 0 bridgehead atoms. The molecule has 3 rings (SSSR count). The van der Waals surface area contributed by atoms with Crippen LogP contribution in [-0.4, -0.2) is 52.2 Å². The Morgan fingerprint density at radius 3 is 2.06 bits per heavy atom. The van der Waals surface area contributed by atoms with Gasteiger partial charge in [-0.3, -0.25) is 34.2 Å². The van der Waals surface area contributed by atoms with Crippen molar-refractivity contribution in [3.8, 4) is 0 Å². The minimum absolute atomic E-state index is 0.141. The average Bonchev–Trinajstić information content (AvgIpc) is 3.02. The second-order valence-electron chi connectivity index (χ2n) is 11.6. The molecule has 1 atom stereocenters. The van der Waals surface area contributed by atoms with Crippen molar-refractivity contribution >= 4 is 52.8 Å². The van der Waals surface area contributed by atoms with Crippen LogP contribution in [0.2, 0.25) is 5.02 Å². The van der Waals surface area contributed by atoms with Crippen molar-refractivity contribution in [1.82, 2.24) is 21.1 Å². The SMILES string of the molecule is CC(C)(C)CC(=O)NC(C(=O)NN(CC(=O)O)C(=O)/C=C/C(=O)NCc1ccccc1)c1ccccc1.NC(=O)c1ccc(N)c(Cl)c1. The van der Waals surface area contributed by atoms with Gasteiger partial charge in [-0.1, -0.05) is 93.0 Å². The van der Waals surface area contributed by atoms with E-state index in [-0.39, 0.29) is 24.3 Å². The van der Waals surface area contributed by atoms with E-state index >= 15 is 0 Å². The van der Waals surface area contributed by atoms with Gasteiger partial charge in [0, 0.05) is 30.7 Å². The quantitative estimate of drug-likeness (QED) is 0.100. The van der Waals surface area contributed by atoms with E-state index in [4.69, 9.17) is 23.1 Å². The minimum Gasteiger partial charge on any atom is -0.480 e. The number of halogens is 1. The normalized spacial score (nSPS) is 11.3. The van der Waals surface area contributed by atoms with E-state index in [2.05, 4.69) is 16.1 Å². The number of carbonyl (C=O) groups excluding carboxylic acids is 5. The lowest BCUT2D eigenvalue weighted by atomic mass is 9.91. The van der Waals surface area contributed by atoms with Crippen LogP contribution in [-0.2, 0) is 30.5 Å². The van der Waals surface area contributed by atoms with Crippen LogP contribution in [0.5, 0.6) is 0 Å². The van der Waals surface area contributed by atoms with Gasteiger partial charge in [0.15, 0.2) is 0 Å². The number of benzene rings is 3. The Hall–Kier alpha value is -5.69. The highest BCUT2D eigenvalue weighted by molar-refractivity contribution is 6.33. The maximum Gasteiger partial charge on any atom is 0.325 e. The number of nitrogens with two attached hydrogens (primary N) is 2. The Balaban J connectivity index is 0.000000613. The molecule has 0 aliphatic heterocycles. The molecule has 3 aromatic carbocycles. The zero-order valence-electron chi connectivity index (χ0n) is 26.7. The van der Waals surface area contributed by atoms with Crippen LogP contribution < -0.4 is 27.5 Å². The Morgan fingerprint density at radius 1 is 0.917 bits per heavy atom. The topological polar surface area (TPSA) is 214 Å². The summed E-state index contributed by atoms with van der Waals surface area (Å²) < 4.78 is 0. The first-order chi connectivity index (χ1) is 22.6. The minimum atomic E-state index is -1.39. The van der Waals surface area contributed by atoms with Gasteiger partial charge in [0.1, 0.15) is 12.6 Å². The third-order valence-corrected chi connectivity index (χ3v) is 6.50. The number of carbonyl (C=O) groups is 6. The highest BCUT2D eigenvalue weighted by Gasteiger charge is 2.28. The van der Waals surface area contributed by atoms with Crippen LogP contribution in [0.1, 0.15) is 54.7 Å². The second-order valence-corrected chi connectivity index (χ2v) is 12.0. The lowest BCUT2D eigenvalue weighted by molar-refractivity contribution is -0.148. The Bertz CT molecular complexity index is 1630. The van der Waals surface area contributed by atoms with Gasteiger partial charge in [-0.25, -0.2) is 5.01 Å². The maximum atomic E-state index is 13.1. The molecular weight excluding hydrogens is 640 g/mol. The fourth-order valence-corrected chi connectivity index (χ4v) is 4.09. The van der Waals surface area contributed by atoms with Gasteiger partial charge in [-0.05, 0) is 34.7 Å². The number of amides is 5. The standard InChI is InChI=1S/C27H32N4O6.C7H7ClN2O/c1-27(2,3)16-22(33)29-25(20-12-8-5-9-13-20)26(37)30-31(18-24(35)36)23(34)15-14-21(32)28-17-19-10-6-4-7-11-19;8-5-3-4(7(10)11)1-2-6(5)9/h4-15,25H,16-18H2,1-3H3,(H,28,32)(H,29,33)(H,30,37)(H,35,36);1-3H,9H2,(H2,10,11)/b15-14+;. The van der Waals surface area contributed by atoms with Crippen LogP contribution in [0, 0.1) is 5.41 Å². The molecule has 0 aliphatic carbocycles. The van der Waals surface area contributed by atoms with Crippen molar-refractivity contribution < 1.29 is 33.9 Å². The monoisotopic (exact) mass is 678 g/mol. The first-order valence-corrected chi connectivity index (χ1v) is 15.0. The predicted molar refractivity (Wildman–Crippen MR) is 181 cm³/mol. The molecule has 0 aliphatic rings. The van der Waals surface area contributed by atoms with Crippen LogP contribution in [0.4, 0.5) is 5.69 Å². The van der Waals surface area contributed by atoms with E-state index in [1.165, 1.54) is 12.1 Å². The zero-order valence-corrected chi connectivity index (χ0v) is 27.5. The number of nitrogens with one attached hydrogen (secondary N) is 3. The molecule has 5 amide bonds. The summed E-state index contributed by atoms with van der Waals surface area (Å²) in [5.74, 6) is -4.60. The third-order valence-electron chi connectivity index (χ3n) is 6.17.